The average molecular weight is 561 g/mol. The monoisotopic (exact) mass is 560 g/mol. The van der Waals surface area contributed by atoms with Crippen molar-refractivity contribution >= 4 is 44.2 Å². The molecule has 2 heterocycles. The van der Waals surface area contributed by atoms with E-state index >= 15 is 0 Å². The van der Waals surface area contributed by atoms with Gasteiger partial charge in [0.2, 0.25) is 10.0 Å². The van der Waals surface area contributed by atoms with Gasteiger partial charge >= 0.3 is 0 Å². The fourth-order valence-corrected chi connectivity index (χ4v) is 6.04. The second kappa shape index (κ2) is 11.4. The largest absolute Gasteiger partial charge is 0.356 e. The van der Waals surface area contributed by atoms with E-state index in [0.29, 0.717) is 23.7 Å². The smallest absolute Gasteiger partial charge is 0.265 e. The zero-order valence-corrected chi connectivity index (χ0v) is 24.2. The minimum atomic E-state index is -3.18. The average Bonchev–Trinajstić information content (AvgIpc) is 3.38. The number of aromatic nitrogens is 3. The van der Waals surface area contributed by atoms with E-state index in [0.717, 1.165) is 53.8 Å². The molecule has 0 bridgehead atoms. The van der Waals surface area contributed by atoms with E-state index in [1.165, 1.54) is 18.1 Å². The lowest BCUT2D eigenvalue weighted by Gasteiger charge is -2.35. The van der Waals surface area contributed by atoms with E-state index in [-0.39, 0.29) is 11.9 Å². The Kier molecular flexibility index (Phi) is 7.91. The van der Waals surface area contributed by atoms with Crippen molar-refractivity contribution < 1.29 is 13.2 Å². The number of aryl methyl sites for hydroxylation is 1. The van der Waals surface area contributed by atoms with E-state index in [1.807, 2.05) is 49.5 Å². The number of fused-ring (bicyclic) bond motifs is 1. The summed E-state index contributed by atoms with van der Waals surface area (Å²) in [5.74, 6) is 0.950. The van der Waals surface area contributed by atoms with E-state index < -0.39 is 10.0 Å². The molecule has 0 saturated heterocycles. The Morgan fingerprint density at radius 1 is 1.00 bits per heavy atom. The molecule has 10 heteroatoms. The molecule has 1 fully saturated rings. The van der Waals surface area contributed by atoms with Crippen LogP contribution in [0.15, 0.2) is 61.1 Å². The summed E-state index contributed by atoms with van der Waals surface area (Å²) in [7, 11) is -1.15. The van der Waals surface area contributed by atoms with Crippen LogP contribution in [-0.2, 0) is 10.0 Å². The van der Waals surface area contributed by atoms with Crippen LogP contribution in [-0.4, -0.2) is 54.8 Å². The number of nitrogens with zero attached hydrogens (tertiary/aromatic N) is 4. The van der Waals surface area contributed by atoms with Crippen LogP contribution in [0.3, 0.4) is 0 Å². The predicted molar refractivity (Wildman–Crippen MR) is 160 cm³/mol. The molecule has 0 aliphatic heterocycles. The number of sulfonamides is 1. The summed E-state index contributed by atoms with van der Waals surface area (Å²) in [5, 5.41) is 4.27. The van der Waals surface area contributed by atoms with Gasteiger partial charge in [0, 0.05) is 31.5 Å². The number of carbonyl (C=O) groups is 1. The van der Waals surface area contributed by atoms with Gasteiger partial charge in [-0.25, -0.2) is 23.1 Å². The molecule has 0 atom stereocenters. The first kappa shape index (κ1) is 27.8. The summed E-state index contributed by atoms with van der Waals surface area (Å²) in [6.45, 7) is 4.62. The molecule has 2 aromatic heterocycles. The fraction of sp³-hybridized carbons (Fsp3) is 0.367. The predicted octanol–water partition coefficient (Wildman–Crippen LogP) is 5.02. The molecule has 4 aromatic rings. The molecule has 210 valence electrons. The van der Waals surface area contributed by atoms with Crippen molar-refractivity contribution in [2.45, 2.75) is 45.6 Å². The van der Waals surface area contributed by atoms with Crippen molar-refractivity contribution in [1.29, 1.82) is 0 Å². The fourth-order valence-electron chi connectivity index (χ4n) is 5.50. The maximum absolute atomic E-state index is 13.8. The first-order valence-electron chi connectivity index (χ1n) is 13.6. The van der Waals surface area contributed by atoms with E-state index in [9.17, 15) is 13.2 Å². The van der Waals surface area contributed by atoms with Crippen molar-refractivity contribution in [3.8, 4) is 0 Å². The van der Waals surface area contributed by atoms with Crippen LogP contribution >= 0.6 is 0 Å². The van der Waals surface area contributed by atoms with Crippen LogP contribution in [0.5, 0.6) is 0 Å². The normalized spacial score (nSPS) is 17.6. The van der Waals surface area contributed by atoms with E-state index in [1.54, 1.807) is 10.8 Å². The number of rotatable bonds is 8. The molecule has 5 rings (SSSR count). The lowest BCUT2D eigenvalue weighted by molar-refractivity contribution is 0.0965. The van der Waals surface area contributed by atoms with Crippen LogP contribution in [0, 0.1) is 19.8 Å². The molecular formula is C30H36N6O3S. The van der Waals surface area contributed by atoms with Crippen molar-refractivity contribution in [2.75, 3.05) is 30.1 Å². The highest BCUT2D eigenvalue weighted by atomic mass is 32.2. The summed E-state index contributed by atoms with van der Waals surface area (Å²) in [4.78, 5) is 25.1. The number of para-hydroxylation sites is 1. The van der Waals surface area contributed by atoms with Gasteiger partial charge in [0.1, 0.15) is 12.1 Å². The van der Waals surface area contributed by atoms with Gasteiger partial charge in [-0.15, -0.1) is 0 Å². The quantitative estimate of drug-likeness (QED) is 0.311. The molecule has 9 nitrogen and oxygen atoms in total. The maximum Gasteiger partial charge on any atom is 0.265 e. The highest BCUT2D eigenvalue weighted by Gasteiger charge is 2.27. The Bertz CT molecular complexity index is 1640. The minimum Gasteiger partial charge on any atom is -0.356 e. The van der Waals surface area contributed by atoms with Gasteiger partial charge in [0.25, 0.3) is 5.91 Å². The number of anilines is 3. The highest BCUT2D eigenvalue weighted by molar-refractivity contribution is 7.88. The van der Waals surface area contributed by atoms with Crippen molar-refractivity contribution in [1.82, 2.24) is 19.3 Å². The summed E-state index contributed by atoms with van der Waals surface area (Å²) < 4.78 is 27.1. The van der Waals surface area contributed by atoms with Gasteiger partial charge in [0.15, 0.2) is 5.65 Å². The van der Waals surface area contributed by atoms with E-state index in [4.69, 9.17) is 0 Å². The molecule has 1 aliphatic carbocycles. The lowest BCUT2D eigenvalue weighted by Crippen LogP contribution is -2.38. The second-order valence-electron chi connectivity index (χ2n) is 10.7. The van der Waals surface area contributed by atoms with Crippen LogP contribution in [0.25, 0.3) is 11.0 Å². The first-order valence-corrected chi connectivity index (χ1v) is 15.5. The molecule has 0 radical (unpaired) electrons. The standard InChI is InChI=1S/C30H36N6O3S/c1-20-8-7-11-26(21(20)2)34-27-10-6-5-9-24(27)30(37)36-17-16-25-28(31-19-32-29(25)36)35(3)23-14-12-22(13-15-23)18-33-40(4,38)39/h5-11,16-17,19,22-23,33-34H,12-15,18H2,1-4H3. The Hall–Kier alpha value is -3.76. The minimum absolute atomic E-state index is 0.172. The van der Waals surface area contributed by atoms with Crippen LogP contribution < -0.4 is 14.9 Å². The third kappa shape index (κ3) is 5.88. The van der Waals surface area contributed by atoms with Gasteiger partial charge in [-0.1, -0.05) is 24.3 Å². The zero-order chi connectivity index (χ0) is 28.4. The van der Waals surface area contributed by atoms with E-state index in [2.05, 4.69) is 44.8 Å². The molecule has 1 saturated carbocycles. The van der Waals surface area contributed by atoms with Crippen molar-refractivity contribution in [3.63, 3.8) is 0 Å². The summed E-state index contributed by atoms with van der Waals surface area (Å²) in [6, 6.07) is 15.8. The van der Waals surface area contributed by atoms with Crippen LogP contribution in [0.4, 0.5) is 17.2 Å². The number of hydrogen-bond donors (Lipinski definition) is 2. The van der Waals surface area contributed by atoms with Gasteiger partial charge < -0.3 is 10.2 Å². The lowest BCUT2D eigenvalue weighted by atomic mass is 9.85. The molecule has 0 spiro atoms. The molecule has 40 heavy (non-hydrogen) atoms. The first-order chi connectivity index (χ1) is 19.1. The number of nitrogens with one attached hydrogen (secondary N) is 2. The second-order valence-corrected chi connectivity index (χ2v) is 12.6. The molecule has 0 unspecified atom stereocenters. The third-order valence-corrected chi connectivity index (χ3v) is 8.73. The summed E-state index contributed by atoms with van der Waals surface area (Å²) >= 11 is 0. The SMILES string of the molecule is Cc1cccc(Nc2ccccc2C(=O)n2ccc3c(N(C)C4CCC(CNS(C)(=O)=O)CC4)ncnc32)c1C. The van der Waals surface area contributed by atoms with Crippen LogP contribution in [0.1, 0.15) is 47.2 Å². The van der Waals surface area contributed by atoms with Gasteiger partial charge in [-0.3, -0.25) is 9.36 Å². The summed E-state index contributed by atoms with van der Waals surface area (Å²) in [6.07, 6.45) is 8.24. The summed E-state index contributed by atoms with van der Waals surface area (Å²) in [5.41, 5.74) is 5.13. The Balaban J connectivity index is 1.37. The van der Waals surface area contributed by atoms with Gasteiger partial charge in [-0.2, -0.15) is 0 Å². The number of carbonyl (C=O) groups excluding carboxylic acids is 1. The van der Waals surface area contributed by atoms with Crippen LogP contribution in [0.2, 0.25) is 0 Å². The molecular weight excluding hydrogens is 524 g/mol. The third-order valence-electron chi connectivity index (χ3n) is 8.04. The molecule has 1 aliphatic rings. The Morgan fingerprint density at radius 3 is 2.48 bits per heavy atom. The molecule has 2 aromatic carbocycles. The molecule has 0 amide bonds. The van der Waals surface area contributed by atoms with Gasteiger partial charge in [0.05, 0.1) is 22.9 Å². The highest BCUT2D eigenvalue weighted by Crippen LogP contribution is 2.33. The Morgan fingerprint density at radius 2 is 1.73 bits per heavy atom. The zero-order valence-electron chi connectivity index (χ0n) is 23.4. The van der Waals surface area contributed by atoms with Gasteiger partial charge in [-0.05, 0) is 80.8 Å². The van der Waals surface area contributed by atoms with Crippen molar-refractivity contribution in [2.24, 2.45) is 5.92 Å². The number of benzene rings is 2. The maximum atomic E-state index is 13.8. The number of hydrogen-bond acceptors (Lipinski definition) is 7. The van der Waals surface area contributed by atoms with Crippen molar-refractivity contribution in [3.05, 3.63) is 77.7 Å². The Labute approximate surface area is 235 Å². The topological polar surface area (TPSA) is 109 Å². The molecule has 2 N–H and O–H groups in total.